The Kier molecular flexibility index (Phi) is 2.20. The number of rotatable bonds is 2. The van der Waals surface area contributed by atoms with E-state index >= 15 is 0 Å². The van der Waals surface area contributed by atoms with Crippen molar-refractivity contribution in [1.29, 1.82) is 0 Å². The average Bonchev–Trinajstić information content (AvgIpc) is 2.65. The van der Waals surface area contributed by atoms with Crippen LogP contribution in [0.15, 0.2) is 36.8 Å². The van der Waals surface area contributed by atoms with E-state index < -0.39 is 0 Å². The first-order valence-electron chi connectivity index (χ1n) is 4.29. The van der Waals surface area contributed by atoms with Gasteiger partial charge in [0.1, 0.15) is 12.1 Å². The lowest BCUT2D eigenvalue weighted by atomic mass is 10.2. The third kappa shape index (κ3) is 1.60. The lowest BCUT2D eigenvalue weighted by Gasteiger charge is -2.03. The lowest BCUT2D eigenvalue weighted by Crippen LogP contribution is -1.92. The number of nitrogen functional groups attached to an aromatic ring is 1. The van der Waals surface area contributed by atoms with Crippen molar-refractivity contribution in [2.75, 3.05) is 5.73 Å². The molecule has 0 saturated carbocycles. The molecular weight excluding hydrogens is 178 g/mol. The summed E-state index contributed by atoms with van der Waals surface area (Å²) in [6, 6.07) is 7.57. The second kappa shape index (κ2) is 3.51. The molecule has 0 unspecified atom stereocenters. The molecule has 0 aliphatic rings. The van der Waals surface area contributed by atoms with E-state index in [1.807, 2.05) is 28.8 Å². The molecule has 0 atom stereocenters. The maximum Gasteiger partial charge on any atom is 0.141 e. The Morgan fingerprint density at radius 2 is 2.29 bits per heavy atom. The third-order valence-electron chi connectivity index (χ3n) is 1.99. The first-order valence-corrected chi connectivity index (χ1v) is 4.29. The van der Waals surface area contributed by atoms with Gasteiger partial charge >= 0.3 is 0 Å². The maximum atomic E-state index is 8.96. The Hall–Kier alpha value is -1.81. The molecule has 1 aromatic carbocycles. The molecule has 0 fully saturated rings. The summed E-state index contributed by atoms with van der Waals surface area (Å²) in [6.07, 6.45) is 3.38. The fraction of sp³-hybridized carbons (Fsp3) is 0.100. The summed E-state index contributed by atoms with van der Waals surface area (Å²) in [4.78, 5) is 3.93. The smallest absolute Gasteiger partial charge is 0.141 e. The number of benzene rings is 1. The molecule has 1 aromatic heterocycles. The number of nitrogens with zero attached hydrogens (tertiary/aromatic N) is 2. The number of anilines is 1. The Bertz CT molecular complexity index is 436. The van der Waals surface area contributed by atoms with Crippen molar-refractivity contribution in [2.24, 2.45) is 0 Å². The highest BCUT2D eigenvalue weighted by atomic mass is 16.3. The van der Waals surface area contributed by atoms with Gasteiger partial charge in [0, 0.05) is 5.69 Å². The van der Waals surface area contributed by atoms with Crippen LogP contribution in [0.4, 0.5) is 5.82 Å². The predicted molar refractivity (Wildman–Crippen MR) is 53.9 cm³/mol. The van der Waals surface area contributed by atoms with Crippen molar-refractivity contribution in [1.82, 2.24) is 9.55 Å². The molecule has 4 nitrogen and oxygen atoms in total. The minimum Gasteiger partial charge on any atom is -0.392 e. The van der Waals surface area contributed by atoms with Gasteiger partial charge in [-0.25, -0.2) is 4.98 Å². The van der Waals surface area contributed by atoms with E-state index in [9.17, 15) is 0 Å². The second-order valence-electron chi connectivity index (χ2n) is 3.03. The molecule has 72 valence electrons. The molecule has 0 radical (unpaired) electrons. The zero-order chi connectivity index (χ0) is 9.97. The van der Waals surface area contributed by atoms with E-state index in [1.54, 1.807) is 12.5 Å². The molecule has 3 N–H and O–H groups in total. The molecule has 14 heavy (non-hydrogen) atoms. The summed E-state index contributed by atoms with van der Waals surface area (Å²) in [5.74, 6) is 0.486. The molecule has 0 aliphatic carbocycles. The van der Waals surface area contributed by atoms with Crippen LogP contribution in [0.25, 0.3) is 5.69 Å². The monoisotopic (exact) mass is 189 g/mol. The van der Waals surface area contributed by atoms with Gasteiger partial charge in [-0.15, -0.1) is 0 Å². The number of hydrogen-bond donors (Lipinski definition) is 2. The van der Waals surface area contributed by atoms with E-state index in [0.717, 1.165) is 11.3 Å². The van der Waals surface area contributed by atoms with Crippen LogP contribution >= 0.6 is 0 Å². The van der Waals surface area contributed by atoms with Gasteiger partial charge in [-0.3, -0.25) is 0 Å². The van der Waals surface area contributed by atoms with Crippen LogP contribution in [0.2, 0.25) is 0 Å². The van der Waals surface area contributed by atoms with E-state index in [4.69, 9.17) is 10.8 Å². The SMILES string of the molecule is Nc1cn(-c2cccc(CO)c2)cn1. The van der Waals surface area contributed by atoms with Crippen molar-refractivity contribution < 1.29 is 5.11 Å². The van der Waals surface area contributed by atoms with Crippen LogP contribution in [-0.4, -0.2) is 14.7 Å². The van der Waals surface area contributed by atoms with E-state index in [1.165, 1.54) is 0 Å². The summed E-state index contributed by atoms with van der Waals surface area (Å²) in [6.45, 7) is 0.0397. The number of aliphatic hydroxyl groups excluding tert-OH is 1. The minimum absolute atomic E-state index is 0.0397. The van der Waals surface area contributed by atoms with Gasteiger partial charge < -0.3 is 15.4 Å². The fourth-order valence-corrected chi connectivity index (χ4v) is 1.29. The van der Waals surface area contributed by atoms with Crippen molar-refractivity contribution in [3.05, 3.63) is 42.4 Å². The Balaban J connectivity index is 2.41. The number of hydrogen-bond acceptors (Lipinski definition) is 3. The van der Waals surface area contributed by atoms with Crippen molar-refractivity contribution in [2.45, 2.75) is 6.61 Å². The van der Waals surface area contributed by atoms with E-state index in [2.05, 4.69) is 4.98 Å². The zero-order valence-corrected chi connectivity index (χ0v) is 7.59. The van der Waals surface area contributed by atoms with Crippen molar-refractivity contribution in [3.8, 4) is 5.69 Å². The molecule has 0 bridgehead atoms. The summed E-state index contributed by atoms with van der Waals surface area (Å²) in [5.41, 5.74) is 7.32. The van der Waals surface area contributed by atoms with Gasteiger partial charge in [-0.1, -0.05) is 12.1 Å². The summed E-state index contributed by atoms with van der Waals surface area (Å²) < 4.78 is 1.81. The quantitative estimate of drug-likeness (QED) is 0.739. The third-order valence-corrected chi connectivity index (χ3v) is 1.99. The van der Waals surface area contributed by atoms with Crippen LogP contribution in [0.1, 0.15) is 5.56 Å². The average molecular weight is 189 g/mol. The van der Waals surface area contributed by atoms with Crippen molar-refractivity contribution >= 4 is 5.82 Å². The van der Waals surface area contributed by atoms with Gasteiger partial charge in [0.2, 0.25) is 0 Å². The summed E-state index contributed by atoms with van der Waals surface area (Å²) in [5, 5.41) is 8.96. The molecular formula is C10H11N3O. The highest BCUT2D eigenvalue weighted by Crippen LogP contribution is 2.11. The van der Waals surface area contributed by atoms with E-state index in [-0.39, 0.29) is 6.61 Å². The van der Waals surface area contributed by atoms with Crippen LogP contribution in [-0.2, 0) is 6.61 Å². The summed E-state index contributed by atoms with van der Waals surface area (Å²) in [7, 11) is 0. The predicted octanol–water partition coefficient (Wildman–Crippen LogP) is 0.947. The van der Waals surface area contributed by atoms with Gasteiger partial charge in [-0.05, 0) is 17.7 Å². The lowest BCUT2D eigenvalue weighted by molar-refractivity contribution is 0.282. The van der Waals surface area contributed by atoms with Gasteiger partial charge in [-0.2, -0.15) is 0 Å². The zero-order valence-electron chi connectivity index (χ0n) is 7.59. The van der Waals surface area contributed by atoms with Crippen LogP contribution in [0, 0.1) is 0 Å². The maximum absolute atomic E-state index is 8.96. The summed E-state index contributed by atoms with van der Waals surface area (Å²) >= 11 is 0. The molecule has 1 heterocycles. The highest BCUT2D eigenvalue weighted by Gasteiger charge is 1.98. The Morgan fingerprint density at radius 1 is 1.43 bits per heavy atom. The molecule has 0 amide bonds. The second-order valence-corrected chi connectivity index (χ2v) is 3.03. The topological polar surface area (TPSA) is 64.1 Å². The first kappa shape index (κ1) is 8.77. The van der Waals surface area contributed by atoms with Crippen LogP contribution in [0.5, 0.6) is 0 Å². The molecule has 2 rings (SSSR count). The van der Waals surface area contributed by atoms with Gasteiger partial charge in [0.25, 0.3) is 0 Å². The molecule has 0 saturated heterocycles. The first-order chi connectivity index (χ1) is 6.79. The molecule has 0 spiro atoms. The Morgan fingerprint density at radius 3 is 2.93 bits per heavy atom. The van der Waals surface area contributed by atoms with E-state index in [0.29, 0.717) is 5.82 Å². The number of nitrogens with two attached hydrogens (primary N) is 1. The fourth-order valence-electron chi connectivity index (χ4n) is 1.29. The van der Waals surface area contributed by atoms with Crippen LogP contribution < -0.4 is 5.73 Å². The standard InChI is InChI=1S/C10H11N3O/c11-10-5-13(7-12-10)9-3-1-2-8(4-9)6-14/h1-5,7,14H,6,11H2. The number of aliphatic hydroxyl groups is 1. The largest absolute Gasteiger partial charge is 0.392 e. The Labute approximate surface area is 81.6 Å². The molecule has 0 aliphatic heterocycles. The van der Waals surface area contributed by atoms with Crippen LogP contribution in [0.3, 0.4) is 0 Å². The molecule has 4 heteroatoms. The normalized spacial score (nSPS) is 10.4. The van der Waals surface area contributed by atoms with Gasteiger partial charge in [0.15, 0.2) is 0 Å². The van der Waals surface area contributed by atoms with Crippen molar-refractivity contribution in [3.63, 3.8) is 0 Å². The number of aromatic nitrogens is 2. The highest BCUT2D eigenvalue weighted by molar-refractivity contribution is 5.38. The number of imidazole rings is 1. The van der Waals surface area contributed by atoms with Gasteiger partial charge in [0.05, 0.1) is 12.8 Å². The minimum atomic E-state index is 0.0397. The molecule has 2 aromatic rings.